The van der Waals surface area contributed by atoms with Gasteiger partial charge in [0.2, 0.25) is 0 Å². The molecule has 0 spiro atoms. The molecule has 1 fully saturated rings. The maximum atomic E-state index is 13.7. The van der Waals surface area contributed by atoms with Gasteiger partial charge in [-0.1, -0.05) is 12.1 Å². The third-order valence-electron chi connectivity index (χ3n) is 3.29. The fraction of sp³-hybridized carbons (Fsp3) is 0.429. The van der Waals surface area contributed by atoms with Gasteiger partial charge in [0.1, 0.15) is 0 Å². The van der Waals surface area contributed by atoms with E-state index in [1.54, 1.807) is 6.07 Å². The molecule has 1 aromatic rings. The summed E-state index contributed by atoms with van der Waals surface area (Å²) in [6.45, 7) is 7.69. The topological polar surface area (TPSA) is 24.5 Å². The van der Waals surface area contributed by atoms with E-state index >= 15 is 0 Å². The molecule has 6 heteroatoms. The number of hydrogen-bond donors (Lipinski definition) is 1. The molecule has 0 aliphatic carbocycles. The Morgan fingerprint density at radius 2 is 2.00 bits per heavy atom. The van der Waals surface area contributed by atoms with Gasteiger partial charge >= 0.3 is 0 Å². The van der Waals surface area contributed by atoms with Crippen LogP contribution in [-0.4, -0.2) is 38.2 Å². The summed E-state index contributed by atoms with van der Waals surface area (Å²) >= 11 is 0. The van der Waals surface area contributed by atoms with Gasteiger partial charge in [-0.25, -0.2) is 4.39 Å². The molecule has 0 radical (unpaired) electrons. The number of halogens is 3. The van der Waals surface area contributed by atoms with Crippen LogP contribution in [0.25, 0.3) is 0 Å². The van der Waals surface area contributed by atoms with Gasteiger partial charge in [0.05, 0.1) is 13.2 Å². The van der Waals surface area contributed by atoms with Crippen molar-refractivity contribution in [1.82, 2.24) is 10.2 Å². The summed E-state index contributed by atoms with van der Waals surface area (Å²) < 4.78 is 18.7. The molecule has 0 unspecified atom stereocenters. The average Bonchev–Trinajstić information content (AvgIpc) is 2.41. The second-order valence-electron chi connectivity index (χ2n) is 4.36. The maximum absolute atomic E-state index is 13.7. The van der Waals surface area contributed by atoms with Crippen molar-refractivity contribution >= 4 is 24.8 Å². The number of methoxy groups -OCH3 is 1. The zero-order chi connectivity index (χ0) is 13.0. The molecule has 0 bridgehead atoms. The number of benzene rings is 1. The summed E-state index contributed by atoms with van der Waals surface area (Å²) in [6, 6.07) is 5.17. The van der Waals surface area contributed by atoms with Crippen LogP contribution in [0, 0.1) is 5.82 Å². The Labute approximate surface area is 132 Å². The zero-order valence-electron chi connectivity index (χ0n) is 11.5. The summed E-state index contributed by atoms with van der Waals surface area (Å²) in [5.41, 5.74) is 0.921. The first kappa shape index (κ1) is 19.2. The van der Waals surface area contributed by atoms with E-state index in [1.165, 1.54) is 13.2 Å². The third-order valence-corrected chi connectivity index (χ3v) is 3.29. The van der Waals surface area contributed by atoms with Crippen molar-refractivity contribution < 1.29 is 9.13 Å². The third kappa shape index (κ3) is 4.35. The van der Waals surface area contributed by atoms with Crippen molar-refractivity contribution in [3.05, 3.63) is 42.2 Å². The lowest BCUT2D eigenvalue weighted by atomic mass is 10.0. The Bertz CT molecular complexity index is 426. The van der Waals surface area contributed by atoms with Gasteiger partial charge in [-0.05, 0) is 17.7 Å². The average molecular weight is 323 g/mol. The molecular formula is C14H21Cl2FN2O. The highest BCUT2D eigenvalue weighted by Crippen LogP contribution is 2.26. The van der Waals surface area contributed by atoms with Gasteiger partial charge in [-0.15, -0.1) is 31.4 Å². The van der Waals surface area contributed by atoms with E-state index in [0.717, 1.165) is 31.7 Å². The summed E-state index contributed by atoms with van der Waals surface area (Å²) in [4.78, 5) is 2.30. The van der Waals surface area contributed by atoms with Crippen LogP contribution < -0.4 is 10.1 Å². The minimum absolute atomic E-state index is 0. The fourth-order valence-electron chi connectivity index (χ4n) is 2.32. The molecule has 1 N–H and O–H groups in total. The van der Waals surface area contributed by atoms with E-state index in [2.05, 4.69) is 16.8 Å². The molecule has 0 saturated carbocycles. The zero-order valence-corrected chi connectivity index (χ0v) is 13.1. The number of piperazine rings is 1. The first-order chi connectivity index (χ1) is 8.76. The normalized spacial score (nSPS) is 16.5. The van der Waals surface area contributed by atoms with Gasteiger partial charge in [-0.2, -0.15) is 0 Å². The van der Waals surface area contributed by atoms with Crippen LogP contribution in [0.1, 0.15) is 11.6 Å². The number of nitrogens with one attached hydrogen (secondary N) is 1. The monoisotopic (exact) mass is 322 g/mol. The minimum Gasteiger partial charge on any atom is -0.494 e. The van der Waals surface area contributed by atoms with Gasteiger partial charge in [0.15, 0.2) is 11.6 Å². The summed E-state index contributed by atoms with van der Waals surface area (Å²) in [5.74, 6) is -0.0427. The number of nitrogens with zero attached hydrogens (tertiary/aromatic N) is 1. The van der Waals surface area contributed by atoms with Crippen molar-refractivity contribution in [3.63, 3.8) is 0 Å². The molecule has 1 heterocycles. The van der Waals surface area contributed by atoms with Gasteiger partial charge in [0.25, 0.3) is 0 Å². The number of hydrogen-bond acceptors (Lipinski definition) is 3. The van der Waals surface area contributed by atoms with Crippen molar-refractivity contribution in [2.75, 3.05) is 33.3 Å². The van der Waals surface area contributed by atoms with Crippen molar-refractivity contribution in [1.29, 1.82) is 0 Å². The highest BCUT2D eigenvalue weighted by molar-refractivity contribution is 5.85. The predicted molar refractivity (Wildman–Crippen MR) is 84.8 cm³/mol. The molecular weight excluding hydrogens is 302 g/mol. The van der Waals surface area contributed by atoms with Gasteiger partial charge in [-0.3, -0.25) is 4.90 Å². The minimum atomic E-state index is -0.322. The number of rotatable bonds is 4. The molecule has 2 rings (SSSR count). The van der Waals surface area contributed by atoms with E-state index < -0.39 is 0 Å². The Morgan fingerprint density at radius 3 is 2.50 bits per heavy atom. The maximum Gasteiger partial charge on any atom is 0.165 e. The van der Waals surface area contributed by atoms with Crippen LogP contribution in [0.4, 0.5) is 4.39 Å². The summed E-state index contributed by atoms with van der Waals surface area (Å²) in [6.07, 6.45) is 1.87. The Hall–Kier alpha value is -0.810. The molecule has 3 nitrogen and oxygen atoms in total. The predicted octanol–water partition coefficient (Wildman–Crippen LogP) is 2.81. The largest absolute Gasteiger partial charge is 0.494 e. The molecule has 0 aromatic heterocycles. The Balaban J connectivity index is 0.00000180. The fourth-order valence-corrected chi connectivity index (χ4v) is 2.32. The van der Waals surface area contributed by atoms with Crippen LogP contribution >= 0.6 is 24.8 Å². The Kier molecular flexibility index (Phi) is 8.81. The van der Waals surface area contributed by atoms with Crippen LogP contribution in [-0.2, 0) is 0 Å². The Morgan fingerprint density at radius 1 is 1.35 bits per heavy atom. The molecule has 1 saturated heterocycles. The summed E-state index contributed by atoms with van der Waals surface area (Å²) in [7, 11) is 1.47. The van der Waals surface area contributed by atoms with Crippen LogP contribution in [0.5, 0.6) is 5.75 Å². The van der Waals surface area contributed by atoms with Crippen LogP contribution in [0.3, 0.4) is 0 Å². The van der Waals surface area contributed by atoms with Crippen molar-refractivity contribution in [2.24, 2.45) is 0 Å². The van der Waals surface area contributed by atoms with Crippen LogP contribution in [0.15, 0.2) is 30.9 Å². The molecule has 1 aromatic carbocycles. The molecule has 1 atom stereocenters. The first-order valence-corrected chi connectivity index (χ1v) is 6.17. The smallest absolute Gasteiger partial charge is 0.165 e. The molecule has 1 aliphatic rings. The lowest BCUT2D eigenvalue weighted by Crippen LogP contribution is -2.44. The van der Waals surface area contributed by atoms with Gasteiger partial charge in [0, 0.05) is 26.2 Å². The molecule has 0 amide bonds. The number of ether oxygens (including phenoxy) is 1. The lowest BCUT2D eigenvalue weighted by molar-refractivity contribution is 0.203. The molecule has 1 aliphatic heterocycles. The van der Waals surface area contributed by atoms with Crippen LogP contribution in [0.2, 0.25) is 0 Å². The van der Waals surface area contributed by atoms with Crippen molar-refractivity contribution in [2.45, 2.75) is 6.04 Å². The highest BCUT2D eigenvalue weighted by Gasteiger charge is 2.20. The quantitative estimate of drug-likeness (QED) is 0.863. The lowest BCUT2D eigenvalue weighted by Gasteiger charge is -2.33. The van der Waals surface area contributed by atoms with E-state index in [4.69, 9.17) is 4.74 Å². The highest BCUT2D eigenvalue weighted by atomic mass is 35.5. The van der Waals surface area contributed by atoms with E-state index in [-0.39, 0.29) is 42.4 Å². The standard InChI is InChI=1S/C14H19FN2O.2ClH/c1-3-13(17-8-6-16-7-9-17)11-4-5-14(18-2)12(15)10-11;;/h3-5,10,13,16H,1,6-9H2,2H3;2*1H/t13-;;/m0../s1. The SMILES string of the molecule is C=C[C@@H](c1ccc(OC)c(F)c1)N1CCNCC1.Cl.Cl. The molecule has 114 valence electrons. The second kappa shape index (κ2) is 9.19. The second-order valence-corrected chi connectivity index (χ2v) is 4.36. The summed E-state index contributed by atoms with van der Waals surface area (Å²) in [5, 5.41) is 3.30. The molecule has 20 heavy (non-hydrogen) atoms. The van der Waals surface area contributed by atoms with E-state index in [1.807, 2.05) is 12.1 Å². The van der Waals surface area contributed by atoms with Gasteiger partial charge < -0.3 is 10.1 Å². The van der Waals surface area contributed by atoms with E-state index in [9.17, 15) is 4.39 Å². The first-order valence-electron chi connectivity index (χ1n) is 6.17. The van der Waals surface area contributed by atoms with Crippen molar-refractivity contribution in [3.8, 4) is 5.75 Å². The van der Waals surface area contributed by atoms with E-state index in [0.29, 0.717) is 0 Å².